The van der Waals surface area contributed by atoms with E-state index in [4.69, 9.17) is 9.57 Å². The largest absolute Gasteiger partial charge is 0.470 e. The molecule has 2 fully saturated rings. The van der Waals surface area contributed by atoms with Gasteiger partial charge in [0.25, 0.3) is 0 Å². The minimum Gasteiger partial charge on any atom is -0.470 e. The Morgan fingerprint density at radius 3 is 2.40 bits per heavy atom. The van der Waals surface area contributed by atoms with Gasteiger partial charge in [0.1, 0.15) is 6.10 Å². The van der Waals surface area contributed by atoms with E-state index < -0.39 is 0 Å². The lowest BCUT2D eigenvalue weighted by Gasteiger charge is -2.35. The van der Waals surface area contributed by atoms with Crippen molar-refractivity contribution in [3.63, 3.8) is 0 Å². The molecule has 3 aliphatic heterocycles. The number of hydrogen-bond donors (Lipinski definition) is 0. The van der Waals surface area contributed by atoms with Crippen LogP contribution in [-0.4, -0.2) is 93.6 Å². The number of rotatable bonds is 4. The number of ether oxygens (including phenoxy) is 1. The van der Waals surface area contributed by atoms with Gasteiger partial charge in [0, 0.05) is 26.6 Å². The van der Waals surface area contributed by atoms with Crippen LogP contribution in [-0.2, 0) is 14.4 Å². The third kappa shape index (κ3) is 7.20. The molecule has 144 valence electrons. The summed E-state index contributed by atoms with van der Waals surface area (Å²) in [6, 6.07) is 0. The van der Waals surface area contributed by atoms with Crippen LogP contribution in [0.3, 0.4) is 0 Å². The summed E-state index contributed by atoms with van der Waals surface area (Å²) in [4.78, 5) is 21.2. The summed E-state index contributed by atoms with van der Waals surface area (Å²) in [5.41, 5.74) is 0. The summed E-state index contributed by atoms with van der Waals surface area (Å²) in [6.07, 6.45) is 7.21. The Bertz CT molecular complexity index is 417. The monoisotopic (exact) mass is 354 g/mol. The van der Waals surface area contributed by atoms with E-state index in [1.54, 1.807) is 14.1 Å². The second-order valence-corrected chi connectivity index (χ2v) is 7.47. The van der Waals surface area contributed by atoms with E-state index >= 15 is 0 Å². The molecule has 0 bridgehead atoms. The fourth-order valence-electron chi connectivity index (χ4n) is 3.36. The number of likely N-dealkylation sites (tertiary alicyclic amines) is 2. The van der Waals surface area contributed by atoms with E-state index in [1.165, 1.54) is 37.3 Å². The summed E-state index contributed by atoms with van der Waals surface area (Å²) in [7, 11) is 5.55. The van der Waals surface area contributed by atoms with Crippen molar-refractivity contribution in [3.05, 3.63) is 0 Å². The van der Waals surface area contributed by atoms with E-state index in [1.807, 2.05) is 0 Å². The zero-order valence-electron chi connectivity index (χ0n) is 16.0. The number of carbonyl (C=O) groups excluding carboxylic acids is 1. The maximum Gasteiger partial charge on any atom is 0.229 e. The summed E-state index contributed by atoms with van der Waals surface area (Å²) >= 11 is 0. The van der Waals surface area contributed by atoms with Gasteiger partial charge in [0.2, 0.25) is 12.3 Å². The molecule has 0 spiro atoms. The Balaban J connectivity index is 0.000000399. The van der Waals surface area contributed by atoms with Crippen LogP contribution in [0.5, 0.6) is 0 Å². The minimum absolute atomic E-state index is 0.167. The molecule has 3 aliphatic rings. The van der Waals surface area contributed by atoms with Crippen molar-refractivity contribution >= 4 is 12.3 Å². The second kappa shape index (κ2) is 10.6. The van der Waals surface area contributed by atoms with Gasteiger partial charge in [-0.05, 0) is 58.9 Å². The Hall–Kier alpha value is -1.34. The Morgan fingerprint density at radius 2 is 1.80 bits per heavy atom. The van der Waals surface area contributed by atoms with Crippen LogP contribution in [0.4, 0.5) is 0 Å². The van der Waals surface area contributed by atoms with Gasteiger partial charge in [0.05, 0.1) is 0 Å². The zero-order chi connectivity index (χ0) is 18.1. The number of carbonyl (C=O) groups is 1. The first-order valence-electron chi connectivity index (χ1n) is 9.47. The lowest BCUT2D eigenvalue weighted by Crippen LogP contribution is -2.44. The van der Waals surface area contributed by atoms with Crippen LogP contribution in [0, 0.1) is 5.92 Å². The van der Waals surface area contributed by atoms with Crippen LogP contribution in [0.25, 0.3) is 0 Å². The number of nitrogens with zero attached hydrogens (tertiary/aromatic N) is 4. The average molecular weight is 354 g/mol. The first kappa shape index (κ1) is 20.0. The highest BCUT2D eigenvalue weighted by Crippen LogP contribution is 2.22. The molecule has 0 aromatic heterocycles. The number of hydrogen-bond acceptors (Lipinski definition) is 6. The van der Waals surface area contributed by atoms with Crippen molar-refractivity contribution in [1.82, 2.24) is 14.7 Å². The topological polar surface area (TPSA) is 57.6 Å². The third-order valence-corrected chi connectivity index (χ3v) is 4.89. The lowest BCUT2D eigenvalue weighted by molar-refractivity contribution is -0.115. The van der Waals surface area contributed by atoms with E-state index in [0.29, 0.717) is 12.5 Å². The molecule has 0 aromatic rings. The lowest BCUT2D eigenvalue weighted by atomic mass is 9.97. The van der Waals surface area contributed by atoms with Gasteiger partial charge in [-0.25, -0.2) is 0 Å². The van der Waals surface area contributed by atoms with E-state index in [9.17, 15) is 4.79 Å². The predicted octanol–water partition coefficient (Wildman–Crippen LogP) is 1.25. The van der Waals surface area contributed by atoms with E-state index in [0.717, 1.165) is 44.8 Å². The molecule has 1 amide bonds. The summed E-state index contributed by atoms with van der Waals surface area (Å²) in [5.74, 6) is 1.31. The van der Waals surface area contributed by atoms with Gasteiger partial charge in [0.15, 0.2) is 6.61 Å². The van der Waals surface area contributed by atoms with Gasteiger partial charge in [-0.15, -0.1) is 0 Å². The van der Waals surface area contributed by atoms with Gasteiger partial charge >= 0.3 is 0 Å². The molecule has 0 aromatic carbocycles. The summed E-state index contributed by atoms with van der Waals surface area (Å²) < 4.78 is 6.13. The van der Waals surface area contributed by atoms with Crippen molar-refractivity contribution in [3.8, 4) is 0 Å². The molecule has 2 saturated heterocycles. The number of amides is 1. The van der Waals surface area contributed by atoms with Crippen molar-refractivity contribution in [2.75, 3.05) is 60.5 Å². The maximum absolute atomic E-state index is 9.43. The first-order valence-corrected chi connectivity index (χ1v) is 9.47. The molecular weight excluding hydrogens is 320 g/mol. The Labute approximate surface area is 151 Å². The SMILES string of the molecule is CN(C)C=O.CN1CCC(C2=NOCC(CN3CCCCC3)O2)CC1. The average Bonchev–Trinajstić information content (AvgIpc) is 2.64. The maximum atomic E-state index is 9.43. The van der Waals surface area contributed by atoms with Crippen LogP contribution in [0.1, 0.15) is 32.1 Å². The number of piperidine rings is 2. The smallest absolute Gasteiger partial charge is 0.229 e. The predicted molar refractivity (Wildman–Crippen MR) is 98.5 cm³/mol. The molecule has 7 heteroatoms. The molecule has 0 radical (unpaired) electrons. The fraction of sp³-hybridized carbons (Fsp3) is 0.889. The van der Waals surface area contributed by atoms with Gasteiger partial charge in [-0.1, -0.05) is 11.6 Å². The molecule has 25 heavy (non-hydrogen) atoms. The standard InChI is InChI=1S/C15H27N3O2.C3H7NO/c1-17-9-5-13(6-10-17)15-16-19-12-14(20-15)11-18-7-3-2-4-8-18;1-4(2)3-5/h13-14H,2-12H2,1H3;3H,1-2H3. The highest BCUT2D eigenvalue weighted by molar-refractivity contribution is 5.78. The van der Waals surface area contributed by atoms with Crippen molar-refractivity contribution in [2.45, 2.75) is 38.2 Å². The van der Waals surface area contributed by atoms with Crippen LogP contribution >= 0.6 is 0 Å². The van der Waals surface area contributed by atoms with Gasteiger partial charge in [-0.3, -0.25) is 9.69 Å². The van der Waals surface area contributed by atoms with Crippen molar-refractivity contribution in [1.29, 1.82) is 0 Å². The third-order valence-electron chi connectivity index (χ3n) is 4.89. The molecule has 1 unspecified atom stereocenters. The van der Waals surface area contributed by atoms with Crippen molar-refractivity contribution < 1.29 is 14.4 Å². The molecule has 7 nitrogen and oxygen atoms in total. The van der Waals surface area contributed by atoms with Crippen LogP contribution in [0.15, 0.2) is 5.16 Å². The second-order valence-electron chi connectivity index (χ2n) is 7.47. The molecular formula is C18H34N4O3. The Morgan fingerprint density at radius 1 is 1.16 bits per heavy atom. The van der Waals surface area contributed by atoms with E-state index in [2.05, 4.69) is 22.0 Å². The minimum atomic E-state index is 0.167. The van der Waals surface area contributed by atoms with Gasteiger partial charge < -0.3 is 19.4 Å². The summed E-state index contributed by atoms with van der Waals surface area (Å²) in [6.45, 7) is 6.27. The zero-order valence-corrected chi connectivity index (χ0v) is 16.0. The fourth-order valence-corrected chi connectivity index (χ4v) is 3.36. The molecule has 3 heterocycles. The highest BCUT2D eigenvalue weighted by atomic mass is 16.7. The van der Waals surface area contributed by atoms with Crippen molar-refractivity contribution in [2.24, 2.45) is 11.1 Å². The van der Waals surface area contributed by atoms with Gasteiger partial charge in [-0.2, -0.15) is 0 Å². The van der Waals surface area contributed by atoms with Crippen LogP contribution < -0.4 is 0 Å². The van der Waals surface area contributed by atoms with Crippen LogP contribution in [0.2, 0.25) is 0 Å². The Kier molecular flexibility index (Phi) is 8.48. The number of oxime groups is 1. The molecule has 0 saturated carbocycles. The summed E-state index contributed by atoms with van der Waals surface area (Å²) in [5, 5.41) is 4.18. The normalized spacial score (nSPS) is 25.7. The molecule has 0 N–H and O–H groups in total. The first-order chi connectivity index (χ1) is 12.1. The highest BCUT2D eigenvalue weighted by Gasteiger charge is 2.29. The molecule has 1 atom stereocenters. The quantitative estimate of drug-likeness (QED) is 0.711. The molecule has 3 rings (SSSR count). The van der Waals surface area contributed by atoms with E-state index in [-0.39, 0.29) is 6.10 Å². The molecule has 0 aliphatic carbocycles.